The summed E-state index contributed by atoms with van der Waals surface area (Å²) < 4.78 is 0. The highest BCUT2D eigenvalue weighted by Gasteiger charge is 2.24. The van der Waals surface area contributed by atoms with Gasteiger partial charge in [-0.3, -0.25) is 4.79 Å². The van der Waals surface area contributed by atoms with Gasteiger partial charge in [0.2, 0.25) is 0 Å². The number of benzene rings is 1. The van der Waals surface area contributed by atoms with E-state index in [-0.39, 0.29) is 12.3 Å². The molecule has 17 heavy (non-hydrogen) atoms. The molecule has 1 aliphatic rings. The predicted octanol–water partition coefficient (Wildman–Crippen LogP) is 2.65. The van der Waals surface area contributed by atoms with E-state index < -0.39 is 5.97 Å². The highest BCUT2D eigenvalue weighted by Crippen LogP contribution is 2.38. The highest BCUT2D eigenvalue weighted by atomic mass is 16.4. The van der Waals surface area contributed by atoms with Crippen LogP contribution in [0.1, 0.15) is 36.3 Å². The maximum Gasteiger partial charge on any atom is 0.303 e. The molecule has 1 aliphatic carbocycles. The van der Waals surface area contributed by atoms with Gasteiger partial charge in [0.15, 0.2) is 0 Å². The summed E-state index contributed by atoms with van der Waals surface area (Å²) in [4.78, 5) is 13.0. The molecular weight excluding hydrogens is 214 g/mol. The minimum Gasteiger partial charge on any atom is -0.481 e. The normalized spacial score (nSPS) is 18.6. The SMILES string of the molecule is CN(C)c1cccc2c1CCCC2CC(=O)O. The lowest BCUT2D eigenvalue weighted by Crippen LogP contribution is -2.18. The Balaban J connectivity index is 2.38. The standard InChI is InChI=1S/C14H19NO2/c1-15(2)13-8-4-6-11-10(9-14(16)17)5-3-7-12(11)13/h4,6,8,10H,3,5,7,9H2,1-2H3,(H,16,17). The predicted molar refractivity (Wildman–Crippen MR) is 68.7 cm³/mol. The molecule has 0 saturated carbocycles. The summed E-state index contributed by atoms with van der Waals surface area (Å²) in [5.41, 5.74) is 3.82. The smallest absolute Gasteiger partial charge is 0.303 e. The summed E-state index contributed by atoms with van der Waals surface area (Å²) in [6.45, 7) is 0. The second-order valence-electron chi connectivity index (χ2n) is 4.93. The first-order valence-corrected chi connectivity index (χ1v) is 6.10. The van der Waals surface area contributed by atoms with Crippen molar-refractivity contribution in [3.63, 3.8) is 0 Å². The van der Waals surface area contributed by atoms with Gasteiger partial charge in [0.1, 0.15) is 0 Å². The van der Waals surface area contributed by atoms with Gasteiger partial charge in [-0.25, -0.2) is 0 Å². The lowest BCUT2D eigenvalue weighted by molar-refractivity contribution is -0.137. The van der Waals surface area contributed by atoms with Crippen LogP contribution in [0.5, 0.6) is 0 Å². The van der Waals surface area contributed by atoms with Gasteiger partial charge in [-0.1, -0.05) is 12.1 Å². The number of fused-ring (bicyclic) bond motifs is 1. The number of nitrogens with zero attached hydrogens (tertiary/aromatic N) is 1. The summed E-state index contributed by atoms with van der Waals surface area (Å²) in [7, 11) is 4.08. The molecule has 92 valence electrons. The number of hydrogen-bond acceptors (Lipinski definition) is 2. The lowest BCUT2D eigenvalue weighted by Gasteiger charge is -2.28. The molecule has 1 atom stereocenters. The lowest BCUT2D eigenvalue weighted by atomic mass is 9.80. The van der Waals surface area contributed by atoms with Crippen LogP contribution in [0.3, 0.4) is 0 Å². The van der Waals surface area contributed by atoms with E-state index in [0.717, 1.165) is 19.3 Å². The van der Waals surface area contributed by atoms with Crippen LogP contribution in [-0.2, 0) is 11.2 Å². The fourth-order valence-corrected chi connectivity index (χ4v) is 2.77. The molecular formula is C14H19NO2. The van der Waals surface area contributed by atoms with E-state index in [4.69, 9.17) is 5.11 Å². The van der Waals surface area contributed by atoms with Crippen LogP contribution in [0.25, 0.3) is 0 Å². The number of carboxylic acid groups (broad SMARTS) is 1. The first-order chi connectivity index (χ1) is 8.09. The molecule has 3 heteroatoms. The number of aliphatic carboxylic acids is 1. The van der Waals surface area contributed by atoms with Crippen LogP contribution in [-0.4, -0.2) is 25.2 Å². The third-order valence-electron chi connectivity index (χ3n) is 3.51. The summed E-state index contributed by atoms with van der Waals surface area (Å²) >= 11 is 0. The quantitative estimate of drug-likeness (QED) is 0.872. The van der Waals surface area contributed by atoms with Crippen molar-refractivity contribution in [3.05, 3.63) is 29.3 Å². The zero-order valence-electron chi connectivity index (χ0n) is 10.4. The highest BCUT2D eigenvalue weighted by molar-refractivity contribution is 5.69. The average molecular weight is 233 g/mol. The van der Waals surface area contributed by atoms with Crippen LogP contribution in [0, 0.1) is 0 Å². The van der Waals surface area contributed by atoms with Crippen LogP contribution >= 0.6 is 0 Å². The van der Waals surface area contributed by atoms with Gasteiger partial charge in [0.05, 0.1) is 6.42 Å². The van der Waals surface area contributed by atoms with Gasteiger partial charge in [-0.2, -0.15) is 0 Å². The third kappa shape index (κ3) is 2.43. The Kier molecular flexibility index (Phi) is 3.36. The topological polar surface area (TPSA) is 40.5 Å². The zero-order valence-corrected chi connectivity index (χ0v) is 10.4. The van der Waals surface area contributed by atoms with Crippen molar-refractivity contribution >= 4 is 11.7 Å². The summed E-state index contributed by atoms with van der Waals surface area (Å²) in [5.74, 6) is -0.505. The summed E-state index contributed by atoms with van der Waals surface area (Å²) in [6.07, 6.45) is 3.41. The molecule has 0 radical (unpaired) electrons. The van der Waals surface area contributed by atoms with Crippen molar-refractivity contribution in [1.29, 1.82) is 0 Å². The average Bonchev–Trinajstić information content (AvgIpc) is 2.28. The van der Waals surface area contributed by atoms with E-state index in [1.54, 1.807) is 0 Å². The van der Waals surface area contributed by atoms with Gasteiger partial charge >= 0.3 is 5.97 Å². The molecule has 0 amide bonds. The maximum absolute atomic E-state index is 10.9. The number of anilines is 1. The molecule has 3 nitrogen and oxygen atoms in total. The third-order valence-corrected chi connectivity index (χ3v) is 3.51. The van der Waals surface area contributed by atoms with E-state index in [1.807, 2.05) is 20.2 Å². The minimum absolute atomic E-state index is 0.191. The molecule has 1 N–H and O–H groups in total. The molecule has 0 aliphatic heterocycles. The molecule has 0 bridgehead atoms. The van der Waals surface area contributed by atoms with Crippen molar-refractivity contribution in [2.75, 3.05) is 19.0 Å². The molecule has 0 heterocycles. The van der Waals surface area contributed by atoms with Crippen LogP contribution < -0.4 is 4.90 Å². The largest absolute Gasteiger partial charge is 0.481 e. The van der Waals surface area contributed by atoms with Crippen LogP contribution in [0.15, 0.2) is 18.2 Å². The van der Waals surface area contributed by atoms with Crippen LogP contribution in [0.2, 0.25) is 0 Å². The molecule has 0 aromatic heterocycles. The Hall–Kier alpha value is -1.51. The summed E-state index contributed by atoms with van der Waals surface area (Å²) in [6, 6.07) is 6.24. The maximum atomic E-state index is 10.9. The van der Waals surface area contributed by atoms with E-state index in [0.29, 0.717) is 0 Å². The van der Waals surface area contributed by atoms with E-state index in [2.05, 4.69) is 17.0 Å². The van der Waals surface area contributed by atoms with Gasteiger partial charge < -0.3 is 10.0 Å². The molecule has 1 aromatic carbocycles. The minimum atomic E-state index is -0.696. The fourth-order valence-electron chi connectivity index (χ4n) is 2.77. The Morgan fingerprint density at radius 1 is 1.47 bits per heavy atom. The first-order valence-electron chi connectivity index (χ1n) is 6.10. The van der Waals surface area contributed by atoms with Crippen molar-refractivity contribution in [2.45, 2.75) is 31.6 Å². The van der Waals surface area contributed by atoms with E-state index in [9.17, 15) is 4.79 Å². The Morgan fingerprint density at radius 3 is 2.88 bits per heavy atom. The zero-order chi connectivity index (χ0) is 12.4. The van der Waals surface area contributed by atoms with Crippen molar-refractivity contribution in [2.24, 2.45) is 0 Å². The number of hydrogen-bond donors (Lipinski definition) is 1. The molecule has 0 fully saturated rings. The number of rotatable bonds is 3. The Morgan fingerprint density at radius 2 is 2.24 bits per heavy atom. The Bertz CT molecular complexity index is 426. The van der Waals surface area contributed by atoms with Gasteiger partial charge in [0, 0.05) is 19.8 Å². The second-order valence-corrected chi connectivity index (χ2v) is 4.93. The van der Waals surface area contributed by atoms with E-state index in [1.165, 1.54) is 16.8 Å². The number of carboxylic acids is 1. The number of carbonyl (C=O) groups is 1. The molecule has 0 spiro atoms. The van der Waals surface area contributed by atoms with Crippen LogP contribution in [0.4, 0.5) is 5.69 Å². The molecule has 1 unspecified atom stereocenters. The monoisotopic (exact) mass is 233 g/mol. The van der Waals surface area contributed by atoms with Gasteiger partial charge in [0.25, 0.3) is 0 Å². The van der Waals surface area contributed by atoms with Crippen molar-refractivity contribution < 1.29 is 9.90 Å². The van der Waals surface area contributed by atoms with Gasteiger partial charge in [-0.05, 0) is 42.4 Å². The molecule has 1 aromatic rings. The van der Waals surface area contributed by atoms with Crippen molar-refractivity contribution in [1.82, 2.24) is 0 Å². The van der Waals surface area contributed by atoms with E-state index >= 15 is 0 Å². The Labute approximate surface area is 102 Å². The summed E-state index contributed by atoms with van der Waals surface area (Å²) in [5, 5.41) is 8.96. The molecule has 2 rings (SSSR count). The van der Waals surface area contributed by atoms with Gasteiger partial charge in [-0.15, -0.1) is 0 Å². The first kappa shape index (κ1) is 12.0. The second kappa shape index (κ2) is 4.78. The fraction of sp³-hybridized carbons (Fsp3) is 0.500. The molecule has 0 saturated heterocycles. The van der Waals surface area contributed by atoms with Crippen molar-refractivity contribution in [3.8, 4) is 0 Å².